The molecule has 25 heavy (non-hydrogen) atoms. The molecule has 0 radical (unpaired) electrons. The van der Waals surface area contributed by atoms with Gasteiger partial charge in [0, 0.05) is 6.42 Å². The Morgan fingerprint density at radius 2 is 1.04 bits per heavy atom. The summed E-state index contributed by atoms with van der Waals surface area (Å²) in [6.07, 6.45) is 0.222. The van der Waals surface area contributed by atoms with E-state index in [4.69, 9.17) is 5.11 Å². The van der Waals surface area contributed by atoms with Crippen LogP contribution in [0.3, 0.4) is 0 Å². The summed E-state index contributed by atoms with van der Waals surface area (Å²) < 4.78 is 0. The first-order chi connectivity index (χ1) is 12.0. The molecule has 5 heteroatoms. The van der Waals surface area contributed by atoms with E-state index in [1.807, 2.05) is 27.7 Å². The molecule has 0 atom stereocenters. The summed E-state index contributed by atoms with van der Waals surface area (Å²) in [5.74, 6) is -1.31. The number of aliphatic carboxylic acids is 1. The number of ketones is 1. The van der Waals surface area contributed by atoms with E-state index in [1.54, 1.807) is 31.2 Å². The smallest absolute Gasteiger partial charge is 0.303 e. The molecule has 2 aromatic carbocycles. The summed E-state index contributed by atoms with van der Waals surface area (Å²) in [4.78, 5) is 21.3. The van der Waals surface area contributed by atoms with Crippen molar-refractivity contribution in [3.63, 3.8) is 0 Å². The van der Waals surface area contributed by atoms with Crippen LogP contribution in [-0.4, -0.2) is 27.1 Å². The molecule has 0 amide bonds. The van der Waals surface area contributed by atoms with Crippen LogP contribution in [0.25, 0.3) is 0 Å². The molecule has 3 N–H and O–H groups in total. The second-order valence-electron chi connectivity index (χ2n) is 4.11. The number of phenolic OH excluding ortho intramolecular Hbond substituents is 2. The molecule has 0 saturated carbocycles. The van der Waals surface area contributed by atoms with Crippen LogP contribution < -0.4 is 0 Å². The van der Waals surface area contributed by atoms with Gasteiger partial charge in [0.15, 0.2) is 5.78 Å². The minimum Gasteiger partial charge on any atom is -0.507 e. The molecular weight excluding hydrogens is 320 g/mol. The molecule has 138 valence electrons. The molecule has 0 aliphatic carbocycles. The van der Waals surface area contributed by atoms with Crippen LogP contribution >= 0.6 is 0 Å². The summed E-state index contributed by atoms with van der Waals surface area (Å²) in [5.41, 5.74) is 0.369. The SMILES string of the molecule is CC.CC.CCC(=O)O.O=C(c1ccccc1O)c1ccccc1O. The number of hydrogen-bond acceptors (Lipinski definition) is 4. The normalized spacial score (nSPS) is 8.36. The number of aromatic hydroxyl groups is 2. The standard InChI is InChI=1S/C13H10O3.C3H6O2.2C2H6/c14-11-7-3-1-5-9(11)13(16)10-6-2-4-8-12(10)15;1-2-3(4)5;2*1-2/h1-8,14-15H;2H2,1H3,(H,4,5);2*1-2H3. The van der Waals surface area contributed by atoms with Gasteiger partial charge in [0.25, 0.3) is 0 Å². The first-order valence-corrected chi connectivity index (χ1v) is 8.29. The van der Waals surface area contributed by atoms with E-state index < -0.39 is 11.8 Å². The number of carboxylic acids is 1. The highest BCUT2D eigenvalue weighted by Gasteiger charge is 2.15. The quantitative estimate of drug-likeness (QED) is 0.688. The van der Waals surface area contributed by atoms with Crippen LogP contribution in [0.5, 0.6) is 11.5 Å². The molecular formula is C20H28O5. The number of hydrogen-bond donors (Lipinski definition) is 3. The minimum absolute atomic E-state index is 0.0873. The van der Waals surface area contributed by atoms with Gasteiger partial charge >= 0.3 is 5.97 Å². The molecule has 5 nitrogen and oxygen atoms in total. The van der Waals surface area contributed by atoms with Crippen LogP contribution in [0.1, 0.15) is 57.0 Å². The average Bonchev–Trinajstić information content (AvgIpc) is 2.66. The van der Waals surface area contributed by atoms with Gasteiger partial charge in [-0.15, -0.1) is 0 Å². The molecule has 0 fully saturated rings. The fourth-order valence-corrected chi connectivity index (χ4v) is 1.48. The van der Waals surface area contributed by atoms with Crippen LogP contribution in [-0.2, 0) is 4.79 Å². The predicted octanol–water partition coefficient (Wildman–Crippen LogP) is 4.86. The van der Waals surface area contributed by atoms with Crippen molar-refractivity contribution in [1.29, 1.82) is 0 Å². The van der Waals surface area contributed by atoms with Gasteiger partial charge < -0.3 is 15.3 Å². The van der Waals surface area contributed by atoms with Crippen molar-refractivity contribution in [1.82, 2.24) is 0 Å². The van der Waals surface area contributed by atoms with Gasteiger partial charge in [0.05, 0.1) is 11.1 Å². The lowest BCUT2D eigenvalue weighted by molar-refractivity contribution is -0.136. The van der Waals surface area contributed by atoms with Crippen molar-refractivity contribution >= 4 is 11.8 Å². The molecule has 0 aliphatic heterocycles. The second-order valence-corrected chi connectivity index (χ2v) is 4.11. The Labute approximate surface area is 149 Å². The Hall–Kier alpha value is -2.82. The van der Waals surface area contributed by atoms with Gasteiger partial charge in [-0.3, -0.25) is 9.59 Å². The first-order valence-electron chi connectivity index (χ1n) is 8.29. The number of rotatable bonds is 3. The average molecular weight is 348 g/mol. The van der Waals surface area contributed by atoms with Gasteiger partial charge in [-0.1, -0.05) is 58.9 Å². The number of carbonyl (C=O) groups is 2. The molecule has 0 spiro atoms. The highest BCUT2D eigenvalue weighted by molar-refractivity contribution is 6.12. The maximum Gasteiger partial charge on any atom is 0.303 e. The van der Waals surface area contributed by atoms with E-state index >= 15 is 0 Å². The van der Waals surface area contributed by atoms with Gasteiger partial charge in [-0.2, -0.15) is 0 Å². The highest BCUT2D eigenvalue weighted by Crippen LogP contribution is 2.24. The second kappa shape index (κ2) is 14.8. The van der Waals surface area contributed by atoms with E-state index in [1.165, 1.54) is 24.3 Å². The first kappa shape index (κ1) is 24.4. The van der Waals surface area contributed by atoms with Gasteiger partial charge in [-0.25, -0.2) is 0 Å². The lowest BCUT2D eigenvalue weighted by Crippen LogP contribution is -2.01. The summed E-state index contributed by atoms with van der Waals surface area (Å²) in [6, 6.07) is 12.5. The van der Waals surface area contributed by atoms with E-state index in [9.17, 15) is 19.8 Å². The topological polar surface area (TPSA) is 94.8 Å². The third kappa shape index (κ3) is 9.15. The monoisotopic (exact) mass is 348 g/mol. The zero-order chi connectivity index (χ0) is 19.8. The van der Waals surface area contributed by atoms with Crippen molar-refractivity contribution in [3.05, 3.63) is 59.7 Å². The zero-order valence-corrected chi connectivity index (χ0v) is 15.5. The summed E-state index contributed by atoms with van der Waals surface area (Å²) in [7, 11) is 0. The Kier molecular flexibility index (Phi) is 14.4. The molecule has 0 saturated heterocycles. The molecule has 0 aromatic heterocycles. The lowest BCUT2D eigenvalue weighted by Gasteiger charge is -2.04. The molecule has 2 aromatic rings. The van der Waals surface area contributed by atoms with E-state index in [2.05, 4.69) is 0 Å². The number of phenols is 2. The Balaban J connectivity index is 0. The number of carbonyl (C=O) groups excluding carboxylic acids is 1. The summed E-state index contributed by atoms with van der Waals surface area (Å²) >= 11 is 0. The number of carboxylic acid groups (broad SMARTS) is 1. The van der Waals surface area contributed by atoms with Crippen LogP contribution in [0.2, 0.25) is 0 Å². The molecule has 0 aliphatic rings. The lowest BCUT2D eigenvalue weighted by atomic mass is 10.0. The molecule has 0 heterocycles. The zero-order valence-electron chi connectivity index (χ0n) is 15.5. The fourth-order valence-electron chi connectivity index (χ4n) is 1.48. The van der Waals surface area contributed by atoms with E-state index in [-0.39, 0.29) is 29.0 Å². The van der Waals surface area contributed by atoms with Crippen molar-refractivity contribution in [3.8, 4) is 11.5 Å². The minimum atomic E-state index is -0.745. The maximum absolute atomic E-state index is 12.0. The Morgan fingerprint density at radius 1 is 0.760 bits per heavy atom. The highest BCUT2D eigenvalue weighted by atomic mass is 16.4. The molecule has 0 unspecified atom stereocenters. The van der Waals surface area contributed by atoms with Crippen LogP contribution in [0.4, 0.5) is 0 Å². The summed E-state index contributed by atoms with van der Waals surface area (Å²) in [6.45, 7) is 9.60. The predicted molar refractivity (Wildman–Crippen MR) is 100 cm³/mol. The molecule has 0 bridgehead atoms. The van der Waals surface area contributed by atoms with Gasteiger partial charge in [-0.05, 0) is 24.3 Å². The number of benzene rings is 2. The number of para-hydroxylation sites is 2. The summed E-state index contributed by atoms with van der Waals surface area (Å²) in [5, 5.41) is 26.8. The Bertz CT molecular complexity index is 588. The van der Waals surface area contributed by atoms with Crippen molar-refractivity contribution in [2.45, 2.75) is 41.0 Å². The van der Waals surface area contributed by atoms with Crippen molar-refractivity contribution in [2.75, 3.05) is 0 Å². The van der Waals surface area contributed by atoms with E-state index in [0.29, 0.717) is 0 Å². The maximum atomic E-state index is 12.0. The largest absolute Gasteiger partial charge is 0.507 e. The van der Waals surface area contributed by atoms with Crippen molar-refractivity contribution in [2.24, 2.45) is 0 Å². The fraction of sp³-hybridized carbons (Fsp3) is 0.300. The third-order valence-electron chi connectivity index (χ3n) is 2.60. The van der Waals surface area contributed by atoms with E-state index in [0.717, 1.165) is 0 Å². The third-order valence-corrected chi connectivity index (χ3v) is 2.60. The van der Waals surface area contributed by atoms with Crippen molar-refractivity contribution < 1.29 is 24.9 Å². The van der Waals surface area contributed by atoms with Gasteiger partial charge in [0.1, 0.15) is 11.5 Å². The van der Waals surface area contributed by atoms with Crippen LogP contribution in [0, 0.1) is 0 Å². The van der Waals surface area contributed by atoms with Crippen LogP contribution in [0.15, 0.2) is 48.5 Å². The van der Waals surface area contributed by atoms with Gasteiger partial charge in [0.2, 0.25) is 0 Å². The molecule has 2 rings (SSSR count). The Morgan fingerprint density at radius 3 is 1.28 bits per heavy atom.